The molecular formula is C23H36N5O5P. The first-order valence-electron chi connectivity index (χ1n) is 11.6. The minimum Gasteiger partial charge on any atom is -0.494 e. The predicted molar refractivity (Wildman–Crippen MR) is 132 cm³/mol. The van der Waals surface area contributed by atoms with E-state index in [0.29, 0.717) is 18.1 Å². The maximum atomic E-state index is 12.4. The number of hydrogen-bond donors (Lipinski definition) is 3. The van der Waals surface area contributed by atoms with Gasteiger partial charge in [0.2, 0.25) is 5.91 Å². The standard InChI is InChI=1S/C23H36N5O5P/c1-23(2,3)20(24)22(29)25-13-16(33-34(30)31)12-15-8-10-28(11-9-15)21-17-6-5-7-18(32-4)19(17)26-14-27-21/h5-7,14-16,20,34H,8-13,24H2,1-4H3,(H,25,29)(H,30,31). The van der Waals surface area contributed by atoms with Crippen LogP contribution in [-0.4, -0.2) is 59.7 Å². The van der Waals surface area contributed by atoms with Crippen molar-refractivity contribution >= 4 is 30.9 Å². The van der Waals surface area contributed by atoms with E-state index in [9.17, 15) is 14.3 Å². The highest BCUT2D eigenvalue weighted by Crippen LogP contribution is 2.33. The monoisotopic (exact) mass is 493 g/mol. The molecule has 0 spiro atoms. The molecule has 1 amide bonds. The van der Waals surface area contributed by atoms with E-state index in [1.807, 2.05) is 39.0 Å². The van der Waals surface area contributed by atoms with E-state index in [4.69, 9.17) is 15.0 Å². The van der Waals surface area contributed by atoms with Gasteiger partial charge >= 0.3 is 8.25 Å². The molecule has 3 rings (SSSR count). The molecule has 0 bridgehead atoms. The van der Waals surface area contributed by atoms with Crippen molar-refractivity contribution in [3.8, 4) is 5.75 Å². The number of hydrogen-bond acceptors (Lipinski definition) is 8. The third-order valence-electron chi connectivity index (χ3n) is 6.32. The van der Waals surface area contributed by atoms with Crippen LogP contribution in [0.5, 0.6) is 5.75 Å². The van der Waals surface area contributed by atoms with Crippen LogP contribution in [0, 0.1) is 11.3 Å². The Kier molecular flexibility index (Phi) is 8.87. The number of rotatable bonds is 9. The van der Waals surface area contributed by atoms with Crippen LogP contribution in [0.3, 0.4) is 0 Å². The molecule has 0 aliphatic carbocycles. The number of para-hydroxylation sites is 1. The highest BCUT2D eigenvalue weighted by atomic mass is 31.1. The van der Waals surface area contributed by atoms with Crippen molar-refractivity contribution < 1.29 is 23.5 Å². The molecule has 1 fully saturated rings. The summed E-state index contributed by atoms with van der Waals surface area (Å²) in [7, 11) is -1.51. The SMILES string of the molecule is COc1cccc2c(N3CCC(CC(CNC(=O)C(N)C(C)(C)C)O[PH](=O)O)CC3)ncnc12. The molecule has 4 N–H and O–H groups in total. The molecule has 3 unspecified atom stereocenters. The lowest BCUT2D eigenvalue weighted by molar-refractivity contribution is -0.124. The summed E-state index contributed by atoms with van der Waals surface area (Å²) in [6, 6.07) is 5.13. The van der Waals surface area contributed by atoms with Crippen LogP contribution in [-0.2, 0) is 13.9 Å². The molecule has 11 heteroatoms. The predicted octanol–water partition coefficient (Wildman–Crippen LogP) is 2.50. The molecule has 0 radical (unpaired) electrons. The van der Waals surface area contributed by atoms with E-state index in [2.05, 4.69) is 20.2 Å². The molecule has 10 nitrogen and oxygen atoms in total. The topological polar surface area (TPSA) is 140 Å². The number of anilines is 1. The summed E-state index contributed by atoms with van der Waals surface area (Å²) in [5.41, 5.74) is 6.41. The van der Waals surface area contributed by atoms with Crippen molar-refractivity contribution in [3.05, 3.63) is 24.5 Å². The Morgan fingerprint density at radius 1 is 1.32 bits per heavy atom. The number of ether oxygens (including phenoxy) is 1. The fourth-order valence-corrected chi connectivity index (χ4v) is 4.71. The summed E-state index contributed by atoms with van der Waals surface area (Å²) in [6.45, 7) is 7.40. The maximum absolute atomic E-state index is 12.4. The minimum atomic E-state index is -3.13. The molecule has 0 saturated carbocycles. The van der Waals surface area contributed by atoms with Crippen molar-refractivity contribution in [2.75, 3.05) is 31.6 Å². The number of fused-ring (bicyclic) bond motifs is 1. The first-order valence-corrected chi connectivity index (χ1v) is 12.8. The molecule has 1 saturated heterocycles. The Hall–Kier alpha value is -2.26. The Bertz CT molecular complexity index is 1010. The second kappa shape index (κ2) is 11.4. The normalized spacial score (nSPS) is 17.9. The van der Waals surface area contributed by atoms with Gasteiger partial charge < -0.3 is 30.1 Å². The zero-order valence-corrected chi connectivity index (χ0v) is 21.3. The molecule has 188 valence electrons. The highest BCUT2D eigenvalue weighted by molar-refractivity contribution is 7.32. The summed E-state index contributed by atoms with van der Waals surface area (Å²) in [6.07, 6.45) is 3.33. The van der Waals surface area contributed by atoms with Gasteiger partial charge in [-0.1, -0.05) is 26.8 Å². The van der Waals surface area contributed by atoms with Crippen LogP contribution in [0.2, 0.25) is 0 Å². The first-order chi connectivity index (χ1) is 16.1. The largest absolute Gasteiger partial charge is 0.494 e. The summed E-state index contributed by atoms with van der Waals surface area (Å²) in [4.78, 5) is 32.8. The van der Waals surface area contributed by atoms with Crippen LogP contribution in [0.25, 0.3) is 10.9 Å². The molecule has 2 heterocycles. The van der Waals surface area contributed by atoms with Crippen molar-refractivity contribution in [3.63, 3.8) is 0 Å². The van der Waals surface area contributed by atoms with Crippen LogP contribution < -0.4 is 20.7 Å². The Balaban J connectivity index is 1.60. The zero-order chi connectivity index (χ0) is 24.9. The molecule has 1 aromatic heterocycles. The van der Waals surface area contributed by atoms with Crippen LogP contribution in [0.15, 0.2) is 24.5 Å². The molecular weight excluding hydrogens is 457 g/mol. The number of nitrogens with two attached hydrogens (primary N) is 1. The average molecular weight is 494 g/mol. The highest BCUT2D eigenvalue weighted by Gasteiger charge is 2.29. The van der Waals surface area contributed by atoms with Gasteiger partial charge in [-0.2, -0.15) is 0 Å². The number of methoxy groups -OCH3 is 1. The lowest BCUT2D eigenvalue weighted by Gasteiger charge is -2.34. The van der Waals surface area contributed by atoms with Crippen LogP contribution in [0.1, 0.15) is 40.0 Å². The smallest absolute Gasteiger partial charge is 0.316 e. The van der Waals surface area contributed by atoms with E-state index >= 15 is 0 Å². The van der Waals surface area contributed by atoms with E-state index < -0.39 is 20.4 Å². The van der Waals surface area contributed by atoms with E-state index in [1.165, 1.54) is 0 Å². The lowest BCUT2D eigenvalue weighted by Crippen LogP contribution is -2.50. The van der Waals surface area contributed by atoms with E-state index in [-0.39, 0.29) is 17.9 Å². The summed E-state index contributed by atoms with van der Waals surface area (Å²) >= 11 is 0. The van der Waals surface area contributed by atoms with Gasteiger partial charge in [0, 0.05) is 25.0 Å². The number of nitrogens with zero attached hydrogens (tertiary/aromatic N) is 3. The number of carbonyl (C=O) groups is 1. The van der Waals surface area contributed by atoms with E-state index in [0.717, 1.165) is 42.7 Å². The van der Waals surface area contributed by atoms with Crippen LogP contribution in [0.4, 0.5) is 5.82 Å². The lowest BCUT2D eigenvalue weighted by atomic mass is 9.87. The van der Waals surface area contributed by atoms with Crippen molar-refractivity contribution in [1.29, 1.82) is 0 Å². The van der Waals surface area contributed by atoms with Gasteiger partial charge in [0.15, 0.2) is 0 Å². The Morgan fingerprint density at radius 3 is 2.65 bits per heavy atom. The van der Waals surface area contributed by atoms with Gasteiger partial charge in [-0.25, -0.2) is 9.97 Å². The number of benzene rings is 1. The van der Waals surface area contributed by atoms with Crippen molar-refractivity contribution in [2.24, 2.45) is 17.1 Å². The van der Waals surface area contributed by atoms with Gasteiger partial charge in [-0.05, 0) is 42.7 Å². The van der Waals surface area contributed by atoms with Crippen molar-refractivity contribution in [2.45, 2.75) is 52.2 Å². The molecule has 34 heavy (non-hydrogen) atoms. The number of aromatic nitrogens is 2. The summed E-state index contributed by atoms with van der Waals surface area (Å²) in [5, 5.41) is 3.73. The first kappa shape index (κ1) is 26.3. The summed E-state index contributed by atoms with van der Waals surface area (Å²) in [5.74, 6) is 1.58. The fraction of sp³-hybridized carbons (Fsp3) is 0.609. The second-order valence-corrected chi connectivity index (χ2v) is 10.6. The molecule has 1 aliphatic rings. The van der Waals surface area contributed by atoms with E-state index in [1.54, 1.807) is 13.4 Å². The minimum absolute atomic E-state index is 0.149. The quantitative estimate of drug-likeness (QED) is 0.450. The fourth-order valence-electron chi connectivity index (χ4n) is 4.25. The molecule has 1 aliphatic heterocycles. The van der Waals surface area contributed by atoms with Crippen molar-refractivity contribution in [1.82, 2.24) is 15.3 Å². The molecule has 2 aromatic rings. The molecule has 1 aromatic carbocycles. The van der Waals surface area contributed by atoms with Gasteiger partial charge in [0.1, 0.15) is 23.4 Å². The Labute approximate surface area is 201 Å². The molecule has 3 atom stereocenters. The second-order valence-electron chi connectivity index (χ2n) is 9.81. The third kappa shape index (κ3) is 6.66. The third-order valence-corrected chi connectivity index (χ3v) is 6.86. The maximum Gasteiger partial charge on any atom is 0.316 e. The summed E-state index contributed by atoms with van der Waals surface area (Å²) < 4.78 is 22.1. The van der Waals surface area contributed by atoms with Gasteiger partial charge in [-0.15, -0.1) is 0 Å². The Morgan fingerprint density at radius 2 is 2.03 bits per heavy atom. The average Bonchev–Trinajstić information content (AvgIpc) is 2.80. The van der Waals surface area contributed by atoms with Crippen LogP contribution >= 0.6 is 8.25 Å². The number of amides is 1. The van der Waals surface area contributed by atoms with Gasteiger partial charge in [0.05, 0.1) is 19.3 Å². The number of carbonyl (C=O) groups excluding carboxylic acids is 1. The van der Waals surface area contributed by atoms with Gasteiger partial charge in [-0.3, -0.25) is 9.36 Å². The number of nitrogens with one attached hydrogen (secondary N) is 1. The van der Waals surface area contributed by atoms with Gasteiger partial charge in [0.25, 0.3) is 0 Å². The number of piperidine rings is 1. The zero-order valence-electron chi connectivity index (χ0n) is 20.3.